The van der Waals surface area contributed by atoms with Gasteiger partial charge in [0.15, 0.2) is 0 Å². The lowest BCUT2D eigenvalue weighted by Crippen LogP contribution is -2.52. The lowest BCUT2D eigenvalue weighted by molar-refractivity contribution is -0.145. The summed E-state index contributed by atoms with van der Waals surface area (Å²) in [5.74, 6) is -0.581. The van der Waals surface area contributed by atoms with Gasteiger partial charge in [-0.3, -0.25) is 14.8 Å². The molecule has 1 aromatic carbocycles. The topological polar surface area (TPSA) is 69.6 Å². The highest BCUT2D eigenvalue weighted by molar-refractivity contribution is 5.94. The van der Waals surface area contributed by atoms with Gasteiger partial charge >= 0.3 is 0 Å². The molecule has 126 valence electrons. The maximum Gasteiger partial charge on any atom is 0.266 e. The molecule has 2 amide bonds. The molecular weight excluding hydrogens is 292 g/mol. The molecule has 1 aromatic rings. The van der Waals surface area contributed by atoms with Gasteiger partial charge < -0.3 is 4.90 Å². The zero-order valence-corrected chi connectivity index (χ0v) is 14.3. The highest BCUT2D eigenvalue weighted by atomic mass is 16.5. The minimum atomic E-state index is -0.634. The molecule has 23 heavy (non-hydrogen) atoms. The molecule has 3 atom stereocenters. The van der Waals surface area contributed by atoms with Crippen LogP contribution in [0.5, 0.6) is 0 Å². The first-order valence-corrected chi connectivity index (χ1v) is 8.17. The van der Waals surface area contributed by atoms with Crippen LogP contribution >= 0.6 is 0 Å². The fourth-order valence-electron chi connectivity index (χ4n) is 3.32. The molecule has 5 heteroatoms. The Morgan fingerprint density at radius 3 is 2.52 bits per heavy atom. The molecule has 0 bridgehead atoms. The van der Waals surface area contributed by atoms with Crippen LogP contribution in [0.4, 0.5) is 0 Å². The van der Waals surface area contributed by atoms with Crippen molar-refractivity contribution in [2.24, 2.45) is 5.92 Å². The molecule has 0 spiro atoms. The van der Waals surface area contributed by atoms with Gasteiger partial charge in [0.05, 0.1) is 5.41 Å². The Balaban J connectivity index is 2.32. The van der Waals surface area contributed by atoms with Gasteiger partial charge in [-0.15, -0.1) is 0 Å². The molecule has 1 aliphatic rings. The zero-order chi connectivity index (χ0) is 17.2. The molecule has 0 radical (unpaired) electrons. The number of nitrogens with zero attached hydrogens (tertiary/aromatic N) is 1. The monoisotopic (exact) mass is 318 g/mol. The minimum Gasteiger partial charge on any atom is -0.329 e. The second kappa shape index (κ2) is 6.71. The van der Waals surface area contributed by atoms with Crippen LogP contribution < -0.4 is 5.48 Å². The standard InChI is InChI=1S/C18H26N2O3/c1-5-13(3)15(16(21)19-23)20-11-10-18(4,17(20)22)14-8-6-12(2)7-9-14/h6-9,13,15,23H,5,10-11H2,1-4H3,(H,19,21)/t13-,15-,18?/m1/s1. The highest BCUT2D eigenvalue weighted by Gasteiger charge is 2.48. The Morgan fingerprint density at radius 1 is 1.39 bits per heavy atom. The summed E-state index contributed by atoms with van der Waals surface area (Å²) in [6, 6.07) is 7.35. The molecular formula is C18H26N2O3. The number of hydroxylamine groups is 1. The molecule has 2 N–H and O–H groups in total. The molecule has 0 saturated carbocycles. The van der Waals surface area contributed by atoms with Crippen LogP contribution in [-0.4, -0.2) is 34.5 Å². The Bertz CT molecular complexity index is 584. The second-order valence-electron chi connectivity index (χ2n) is 6.75. The molecule has 1 saturated heterocycles. The maximum atomic E-state index is 13.1. The quantitative estimate of drug-likeness (QED) is 0.647. The summed E-state index contributed by atoms with van der Waals surface area (Å²) in [5, 5.41) is 9.04. The number of carbonyl (C=O) groups excluding carboxylic acids is 2. The average molecular weight is 318 g/mol. The van der Waals surface area contributed by atoms with E-state index in [4.69, 9.17) is 5.21 Å². The summed E-state index contributed by atoms with van der Waals surface area (Å²) < 4.78 is 0. The van der Waals surface area contributed by atoms with Gasteiger partial charge in [-0.1, -0.05) is 50.1 Å². The van der Waals surface area contributed by atoms with Crippen molar-refractivity contribution in [3.63, 3.8) is 0 Å². The first-order valence-electron chi connectivity index (χ1n) is 8.17. The lowest BCUT2D eigenvalue weighted by Gasteiger charge is -2.32. The summed E-state index contributed by atoms with van der Waals surface area (Å²) in [7, 11) is 0. The predicted molar refractivity (Wildman–Crippen MR) is 88.0 cm³/mol. The third kappa shape index (κ3) is 3.11. The maximum absolute atomic E-state index is 13.1. The van der Waals surface area contributed by atoms with Gasteiger partial charge in [0.1, 0.15) is 6.04 Å². The van der Waals surface area contributed by atoms with Crippen LogP contribution in [0.25, 0.3) is 0 Å². The number of rotatable bonds is 5. The number of amides is 2. The molecule has 0 aromatic heterocycles. The third-order valence-corrected chi connectivity index (χ3v) is 5.17. The SMILES string of the molecule is CC[C@@H](C)[C@H](C(=O)NO)N1CCC(C)(c2ccc(C)cc2)C1=O. The first kappa shape index (κ1) is 17.5. The van der Waals surface area contributed by atoms with Gasteiger partial charge in [-0.05, 0) is 31.7 Å². The molecule has 5 nitrogen and oxygen atoms in total. The summed E-state index contributed by atoms with van der Waals surface area (Å²) in [6.07, 6.45) is 1.42. The summed E-state index contributed by atoms with van der Waals surface area (Å²) in [6.45, 7) is 8.37. The van der Waals surface area contributed by atoms with E-state index in [1.807, 2.05) is 52.0 Å². The smallest absolute Gasteiger partial charge is 0.266 e. The van der Waals surface area contributed by atoms with Gasteiger partial charge in [-0.2, -0.15) is 0 Å². The van der Waals surface area contributed by atoms with Crippen LogP contribution in [0.3, 0.4) is 0 Å². The average Bonchev–Trinajstić information content (AvgIpc) is 2.85. The van der Waals surface area contributed by atoms with Crippen molar-refractivity contribution >= 4 is 11.8 Å². The highest BCUT2D eigenvalue weighted by Crippen LogP contribution is 2.37. The van der Waals surface area contributed by atoms with Gasteiger partial charge in [-0.25, -0.2) is 5.48 Å². The number of benzene rings is 1. The molecule has 1 heterocycles. The van der Waals surface area contributed by atoms with Crippen molar-refractivity contribution in [2.75, 3.05) is 6.54 Å². The van der Waals surface area contributed by atoms with Gasteiger partial charge in [0, 0.05) is 6.54 Å². The second-order valence-corrected chi connectivity index (χ2v) is 6.75. The van der Waals surface area contributed by atoms with E-state index in [0.717, 1.165) is 17.5 Å². The number of aryl methyl sites for hydroxylation is 1. The molecule has 1 aliphatic heterocycles. The Kier molecular flexibility index (Phi) is 5.09. The van der Waals surface area contributed by atoms with Crippen LogP contribution in [0, 0.1) is 12.8 Å². The van der Waals surface area contributed by atoms with E-state index in [-0.39, 0.29) is 11.8 Å². The van der Waals surface area contributed by atoms with Crippen LogP contribution in [0.15, 0.2) is 24.3 Å². The van der Waals surface area contributed by atoms with Gasteiger partial charge in [0.2, 0.25) is 5.91 Å². The number of carbonyl (C=O) groups is 2. The van der Waals surface area contributed by atoms with E-state index in [1.54, 1.807) is 10.4 Å². The fourth-order valence-corrected chi connectivity index (χ4v) is 3.32. The lowest BCUT2D eigenvalue weighted by atomic mass is 9.80. The zero-order valence-electron chi connectivity index (χ0n) is 14.3. The van der Waals surface area contributed by atoms with E-state index in [1.165, 1.54) is 0 Å². The third-order valence-electron chi connectivity index (χ3n) is 5.17. The number of likely N-dealkylation sites (tertiary alicyclic amines) is 1. The summed E-state index contributed by atoms with van der Waals surface area (Å²) >= 11 is 0. The van der Waals surface area contributed by atoms with Crippen molar-refractivity contribution in [2.45, 2.75) is 52.0 Å². The Morgan fingerprint density at radius 2 is 2.00 bits per heavy atom. The fraction of sp³-hybridized carbons (Fsp3) is 0.556. The van der Waals surface area contributed by atoms with E-state index < -0.39 is 17.4 Å². The number of hydrogen-bond donors (Lipinski definition) is 2. The van der Waals surface area contributed by atoms with Crippen molar-refractivity contribution in [3.8, 4) is 0 Å². The van der Waals surface area contributed by atoms with Crippen LogP contribution in [0.2, 0.25) is 0 Å². The van der Waals surface area contributed by atoms with E-state index in [9.17, 15) is 9.59 Å². The van der Waals surface area contributed by atoms with Crippen molar-refractivity contribution in [3.05, 3.63) is 35.4 Å². The van der Waals surface area contributed by atoms with E-state index in [0.29, 0.717) is 13.0 Å². The molecule has 0 aliphatic carbocycles. The normalized spacial score (nSPS) is 23.7. The number of hydrogen-bond acceptors (Lipinski definition) is 3. The van der Waals surface area contributed by atoms with Crippen molar-refractivity contribution in [1.82, 2.24) is 10.4 Å². The van der Waals surface area contributed by atoms with Gasteiger partial charge in [0.25, 0.3) is 5.91 Å². The van der Waals surface area contributed by atoms with Crippen molar-refractivity contribution < 1.29 is 14.8 Å². The van der Waals surface area contributed by atoms with Crippen molar-refractivity contribution in [1.29, 1.82) is 0 Å². The Labute approximate surface area is 137 Å². The minimum absolute atomic E-state index is 0.0218. The molecule has 2 rings (SSSR count). The molecule has 1 fully saturated rings. The van der Waals surface area contributed by atoms with Crippen LogP contribution in [-0.2, 0) is 15.0 Å². The van der Waals surface area contributed by atoms with Crippen LogP contribution in [0.1, 0.15) is 44.7 Å². The molecule has 1 unspecified atom stereocenters. The summed E-state index contributed by atoms with van der Waals surface area (Å²) in [5.41, 5.74) is 3.23. The van der Waals surface area contributed by atoms with E-state index in [2.05, 4.69) is 0 Å². The Hall–Kier alpha value is -1.88. The predicted octanol–water partition coefficient (Wildman–Crippen LogP) is 2.41. The first-order chi connectivity index (χ1) is 10.8. The largest absolute Gasteiger partial charge is 0.329 e. The van der Waals surface area contributed by atoms with E-state index >= 15 is 0 Å². The summed E-state index contributed by atoms with van der Waals surface area (Å²) in [4.78, 5) is 26.8. The number of nitrogens with one attached hydrogen (secondary N) is 1.